The summed E-state index contributed by atoms with van der Waals surface area (Å²) in [5, 5.41) is 11.7. The standard InChI is InChI=1S/C15H21FN2O5S/c1-4-18(5-2)24(22,23)10-13(19)17-15(3,14(20)21)11-6-8-12(16)9-7-11/h6-9H,4-5,10H2,1-3H3,(H,17,19)(H,20,21). The average molecular weight is 360 g/mol. The van der Waals surface area contributed by atoms with E-state index >= 15 is 0 Å². The van der Waals surface area contributed by atoms with Crippen LogP contribution in [-0.2, 0) is 25.2 Å². The number of carbonyl (C=O) groups is 2. The zero-order chi connectivity index (χ0) is 18.5. The number of carbonyl (C=O) groups excluding carboxylic acids is 1. The number of hydrogen-bond acceptors (Lipinski definition) is 4. The van der Waals surface area contributed by atoms with Crippen LogP contribution in [0.2, 0.25) is 0 Å². The lowest BCUT2D eigenvalue weighted by molar-refractivity contribution is -0.147. The Kier molecular flexibility index (Phi) is 6.44. The van der Waals surface area contributed by atoms with Gasteiger partial charge in [-0.2, -0.15) is 0 Å². The van der Waals surface area contributed by atoms with Gasteiger partial charge in [0.2, 0.25) is 15.9 Å². The second-order valence-corrected chi connectivity index (χ2v) is 7.29. The van der Waals surface area contributed by atoms with Crippen LogP contribution in [0.4, 0.5) is 4.39 Å². The molecular formula is C15H21FN2O5S. The fourth-order valence-electron chi connectivity index (χ4n) is 2.22. The number of nitrogens with zero attached hydrogens (tertiary/aromatic N) is 1. The number of hydrogen-bond donors (Lipinski definition) is 2. The van der Waals surface area contributed by atoms with Gasteiger partial charge in [-0.15, -0.1) is 0 Å². The van der Waals surface area contributed by atoms with E-state index in [2.05, 4.69) is 5.32 Å². The van der Waals surface area contributed by atoms with E-state index in [-0.39, 0.29) is 18.7 Å². The van der Waals surface area contributed by atoms with E-state index in [0.29, 0.717) is 0 Å². The molecule has 0 bridgehead atoms. The lowest BCUT2D eigenvalue weighted by Crippen LogP contribution is -2.52. The summed E-state index contributed by atoms with van der Waals surface area (Å²) < 4.78 is 38.3. The molecular weight excluding hydrogens is 339 g/mol. The maximum Gasteiger partial charge on any atom is 0.333 e. The molecule has 0 aliphatic rings. The van der Waals surface area contributed by atoms with Gasteiger partial charge in [-0.3, -0.25) is 4.79 Å². The molecule has 134 valence electrons. The summed E-state index contributed by atoms with van der Waals surface area (Å²) in [6.45, 7) is 4.91. The summed E-state index contributed by atoms with van der Waals surface area (Å²) in [5.74, 6) is -3.75. The largest absolute Gasteiger partial charge is 0.479 e. The van der Waals surface area contributed by atoms with Crippen molar-refractivity contribution in [3.05, 3.63) is 35.6 Å². The van der Waals surface area contributed by atoms with Crippen LogP contribution < -0.4 is 5.32 Å². The van der Waals surface area contributed by atoms with Gasteiger partial charge >= 0.3 is 5.97 Å². The van der Waals surface area contributed by atoms with Crippen LogP contribution in [0.1, 0.15) is 26.3 Å². The highest BCUT2D eigenvalue weighted by Crippen LogP contribution is 2.21. The monoisotopic (exact) mass is 360 g/mol. The van der Waals surface area contributed by atoms with Gasteiger partial charge in [-0.1, -0.05) is 26.0 Å². The van der Waals surface area contributed by atoms with Crippen molar-refractivity contribution in [1.29, 1.82) is 0 Å². The molecule has 0 saturated heterocycles. The van der Waals surface area contributed by atoms with E-state index in [4.69, 9.17) is 0 Å². The molecule has 24 heavy (non-hydrogen) atoms. The van der Waals surface area contributed by atoms with Gasteiger partial charge in [0.05, 0.1) is 0 Å². The highest BCUT2D eigenvalue weighted by Gasteiger charge is 2.38. The SMILES string of the molecule is CCN(CC)S(=O)(=O)CC(=O)NC(C)(C(=O)O)c1ccc(F)cc1. The molecule has 1 atom stereocenters. The van der Waals surface area contributed by atoms with Crippen LogP contribution in [0.25, 0.3) is 0 Å². The lowest BCUT2D eigenvalue weighted by atomic mass is 9.92. The molecule has 9 heteroatoms. The van der Waals surface area contributed by atoms with Gasteiger partial charge in [0.1, 0.15) is 11.6 Å². The lowest BCUT2D eigenvalue weighted by Gasteiger charge is -2.27. The van der Waals surface area contributed by atoms with Crippen LogP contribution in [0, 0.1) is 5.82 Å². The predicted molar refractivity (Wildman–Crippen MR) is 86.2 cm³/mol. The molecule has 0 heterocycles. The van der Waals surface area contributed by atoms with Gasteiger partial charge < -0.3 is 10.4 Å². The number of carboxylic acids is 1. The molecule has 1 rings (SSSR count). The maximum atomic E-state index is 13.0. The minimum absolute atomic E-state index is 0.130. The zero-order valence-corrected chi connectivity index (χ0v) is 14.6. The zero-order valence-electron chi connectivity index (χ0n) is 13.7. The molecule has 0 aliphatic carbocycles. The Morgan fingerprint density at radius 3 is 2.12 bits per heavy atom. The molecule has 1 aromatic rings. The van der Waals surface area contributed by atoms with E-state index in [1.807, 2.05) is 0 Å². The summed E-state index contributed by atoms with van der Waals surface area (Å²) in [4.78, 5) is 23.7. The maximum absolute atomic E-state index is 13.0. The van der Waals surface area contributed by atoms with Crippen LogP contribution in [0.5, 0.6) is 0 Å². The molecule has 2 N–H and O–H groups in total. The van der Waals surface area contributed by atoms with Gasteiger partial charge in [0.25, 0.3) is 0 Å². The smallest absolute Gasteiger partial charge is 0.333 e. The predicted octanol–water partition coefficient (Wildman–Crippen LogP) is 0.913. The van der Waals surface area contributed by atoms with E-state index < -0.39 is 39.0 Å². The van der Waals surface area contributed by atoms with Crippen LogP contribution in [0.15, 0.2) is 24.3 Å². The molecule has 0 spiro atoms. The Morgan fingerprint density at radius 1 is 1.21 bits per heavy atom. The summed E-state index contributed by atoms with van der Waals surface area (Å²) in [7, 11) is -3.84. The number of nitrogens with one attached hydrogen (secondary N) is 1. The first kappa shape index (κ1) is 20.0. The average Bonchev–Trinajstić information content (AvgIpc) is 2.47. The third-order valence-corrected chi connectivity index (χ3v) is 5.58. The summed E-state index contributed by atoms with van der Waals surface area (Å²) in [6, 6.07) is 4.58. The quantitative estimate of drug-likeness (QED) is 0.717. The Balaban J connectivity index is 3.03. The molecule has 0 aliphatic heterocycles. The van der Waals surface area contributed by atoms with E-state index in [0.717, 1.165) is 16.4 Å². The summed E-state index contributed by atoms with van der Waals surface area (Å²) >= 11 is 0. The Morgan fingerprint density at radius 2 is 1.71 bits per heavy atom. The molecule has 7 nitrogen and oxygen atoms in total. The molecule has 1 amide bonds. The van der Waals surface area contributed by atoms with Crippen molar-refractivity contribution < 1.29 is 27.5 Å². The fraction of sp³-hybridized carbons (Fsp3) is 0.467. The highest BCUT2D eigenvalue weighted by atomic mass is 32.2. The van der Waals surface area contributed by atoms with Crippen molar-refractivity contribution in [2.45, 2.75) is 26.3 Å². The number of rotatable bonds is 8. The van der Waals surface area contributed by atoms with Crippen molar-refractivity contribution in [2.75, 3.05) is 18.8 Å². The minimum atomic E-state index is -3.84. The van der Waals surface area contributed by atoms with Gasteiger partial charge in [0, 0.05) is 13.1 Å². The van der Waals surface area contributed by atoms with Crippen molar-refractivity contribution >= 4 is 21.9 Å². The summed E-state index contributed by atoms with van der Waals surface area (Å²) in [5.41, 5.74) is -1.74. The van der Waals surface area contributed by atoms with Crippen LogP contribution in [0.3, 0.4) is 0 Å². The van der Waals surface area contributed by atoms with Gasteiger partial charge in [0.15, 0.2) is 5.54 Å². The Labute approximate surface area is 140 Å². The number of sulfonamides is 1. The topological polar surface area (TPSA) is 104 Å². The number of amides is 1. The first-order valence-corrected chi connectivity index (χ1v) is 8.96. The van der Waals surface area contributed by atoms with E-state index in [1.54, 1.807) is 13.8 Å². The second kappa shape index (κ2) is 7.71. The number of benzene rings is 1. The first-order valence-electron chi connectivity index (χ1n) is 7.35. The molecule has 0 fully saturated rings. The molecule has 0 radical (unpaired) electrons. The Bertz CT molecular complexity index is 701. The van der Waals surface area contributed by atoms with E-state index in [1.165, 1.54) is 19.1 Å². The van der Waals surface area contributed by atoms with Crippen molar-refractivity contribution in [2.24, 2.45) is 0 Å². The second-order valence-electron chi connectivity index (χ2n) is 5.33. The highest BCUT2D eigenvalue weighted by molar-refractivity contribution is 7.89. The van der Waals surface area contributed by atoms with Crippen LogP contribution in [-0.4, -0.2) is 48.5 Å². The molecule has 1 unspecified atom stereocenters. The molecule has 0 saturated carbocycles. The van der Waals surface area contributed by atoms with Crippen molar-refractivity contribution in [1.82, 2.24) is 9.62 Å². The number of halogens is 1. The molecule has 0 aromatic heterocycles. The van der Waals surface area contributed by atoms with Gasteiger partial charge in [-0.05, 0) is 24.6 Å². The fourth-order valence-corrected chi connectivity index (χ4v) is 3.59. The van der Waals surface area contributed by atoms with E-state index in [9.17, 15) is 27.5 Å². The minimum Gasteiger partial charge on any atom is -0.479 e. The normalized spacial score (nSPS) is 14.2. The number of carboxylic acid groups (broad SMARTS) is 1. The third kappa shape index (κ3) is 4.51. The first-order chi connectivity index (χ1) is 11.1. The van der Waals surface area contributed by atoms with Gasteiger partial charge in [-0.25, -0.2) is 21.9 Å². The Hall–Kier alpha value is -2.00. The summed E-state index contributed by atoms with van der Waals surface area (Å²) in [6.07, 6.45) is 0. The van der Waals surface area contributed by atoms with Crippen LogP contribution >= 0.6 is 0 Å². The molecule has 1 aromatic carbocycles. The van der Waals surface area contributed by atoms with Crippen molar-refractivity contribution in [3.63, 3.8) is 0 Å². The third-order valence-electron chi connectivity index (χ3n) is 3.65. The number of aliphatic carboxylic acids is 1. The van der Waals surface area contributed by atoms with Crippen molar-refractivity contribution in [3.8, 4) is 0 Å².